The number of pyridine rings is 1. The molecule has 0 aliphatic rings. The molecule has 2 heterocycles. The highest BCUT2D eigenvalue weighted by atomic mass is 32.2. The molecule has 0 radical (unpaired) electrons. The number of nitrogens with one attached hydrogen (secondary N) is 1. The van der Waals surface area contributed by atoms with E-state index in [4.69, 9.17) is 0 Å². The van der Waals surface area contributed by atoms with Gasteiger partial charge in [0.2, 0.25) is 0 Å². The molecule has 0 saturated heterocycles. The van der Waals surface area contributed by atoms with Gasteiger partial charge in [0.05, 0.1) is 10.6 Å². The normalized spacial score (nSPS) is 11.8. The molecule has 0 spiro atoms. The van der Waals surface area contributed by atoms with Gasteiger partial charge in [-0.05, 0) is 59.7 Å². The van der Waals surface area contributed by atoms with Crippen LogP contribution in [0.5, 0.6) is 0 Å². The predicted molar refractivity (Wildman–Crippen MR) is 120 cm³/mol. The predicted octanol–water partition coefficient (Wildman–Crippen LogP) is 5.26. The van der Waals surface area contributed by atoms with E-state index >= 15 is 0 Å². The molecule has 0 atom stereocenters. The highest BCUT2D eigenvalue weighted by Gasteiger charge is 2.15. The molecule has 0 aliphatic heterocycles. The molecule has 0 unspecified atom stereocenters. The number of hydrogen-bond donors (Lipinski definition) is 1. The average molecular weight is 414 g/mol. The van der Waals surface area contributed by atoms with Crippen molar-refractivity contribution in [2.24, 2.45) is 0 Å². The summed E-state index contributed by atoms with van der Waals surface area (Å²) in [5.74, 6) is 0. The Morgan fingerprint density at radius 1 is 0.867 bits per heavy atom. The van der Waals surface area contributed by atoms with Crippen molar-refractivity contribution in [1.82, 2.24) is 9.38 Å². The van der Waals surface area contributed by atoms with Crippen LogP contribution in [-0.4, -0.2) is 17.8 Å². The minimum absolute atomic E-state index is 0.231. The Bertz CT molecular complexity index is 1500. The molecule has 0 bridgehead atoms. The van der Waals surface area contributed by atoms with E-state index in [0.29, 0.717) is 5.69 Å². The molecule has 5 aromatic rings. The maximum absolute atomic E-state index is 12.9. The second kappa shape index (κ2) is 7.00. The summed E-state index contributed by atoms with van der Waals surface area (Å²) in [4.78, 5) is 4.89. The SMILES string of the molecule is Cc1ccn2cc(-c3cccc(NS(=O)(=O)c4ccc5ccccc5c4)c3)nc2c1. The zero-order valence-corrected chi connectivity index (χ0v) is 17.1. The van der Waals surface area contributed by atoms with Crippen LogP contribution < -0.4 is 4.72 Å². The highest BCUT2D eigenvalue weighted by Crippen LogP contribution is 2.25. The molecule has 0 aliphatic carbocycles. The fourth-order valence-electron chi connectivity index (χ4n) is 3.51. The van der Waals surface area contributed by atoms with Crippen molar-refractivity contribution in [2.75, 3.05) is 4.72 Å². The van der Waals surface area contributed by atoms with E-state index in [0.717, 1.165) is 33.2 Å². The molecular weight excluding hydrogens is 394 g/mol. The lowest BCUT2D eigenvalue weighted by Crippen LogP contribution is -2.12. The van der Waals surface area contributed by atoms with Crippen LogP contribution in [0, 0.1) is 6.92 Å². The van der Waals surface area contributed by atoms with Crippen molar-refractivity contribution in [3.63, 3.8) is 0 Å². The second-order valence-corrected chi connectivity index (χ2v) is 8.97. The molecule has 6 heteroatoms. The topological polar surface area (TPSA) is 63.5 Å². The van der Waals surface area contributed by atoms with Crippen molar-refractivity contribution in [3.05, 3.63) is 96.8 Å². The molecular formula is C24H19N3O2S. The summed E-state index contributed by atoms with van der Waals surface area (Å²) in [6, 6.07) is 24.1. The maximum Gasteiger partial charge on any atom is 0.261 e. The van der Waals surface area contributed by atoms with Gasteiger partial charge in [-0.3, -0.25) is 4.72 Å². The monoisotopic (exact) mass is 413 g/mol. The van der Waals surface area contributed by atoms with Gasteiger partial charge in [0.25, 0.3) is 10.0 Å². The summed E-state index contributed by atoms with van der Waals surface area (Å²) in [7, 11) is -3.71. The first kappa shape index (κ1) is 18.4. The van der Waals surface area contributed by atoms with Crippen LogP contribution >= 0.6 is 0 Å². The standard InChI is InChI=1S/C24H19N3O2S/c1-17-11-12-27-16-23(25-24(27)13-17)20-7-4-8-21(14-20)26-30(28,29)22-10-9-18-5-2-3-6-19(18)15-22/h2-16,26H,1H3. The minimum Gasteiger partial charge on any atom is -0.306 e. The third-order valence-corrected chi connectivity index (χ3v) is 6.44. The number of sulfonamides is 1. The summed E-state index contributed by atoms with van der Waals surface area (Å²) in [6.45, 7) is 2.02. The number of benzene rings is 3. The second-order valence-electron chi connectivity index (χ2n) is 7.29. The van der Waals surface area contributed by atoms with Gasteiger partial charge < -0.3 is 4.40 Å². The average Bonchev–Trinajstić information content (AvgIpc) is 3.16. The molecule has 1 N–H and O–H groups in total. The fraction of sp³-hybridized carbons (Fsp3) is 0.0417. The summed E-state index contributed by atoms with van der Waals surface area (Å²) < 4.78 is 30.5. The summed E-state index contributed by atoms with van der Waals surface area (Å²) >= 11 is 0. The number of hydrogen-bond acceptors (Lipinski definition) is 3. The molecule has 3 aromatic carbocycles. The van der Waals surface area contributed by atoms with Crippen LogP contribution in [0.2, 0.25) is 0 Å². The Labute approximate surface area is 174 Å². The van der Waals surface area contributed by atoms with E-state index < -0.39 is 10.0 Å². The van der Waals surface area contributed by atoms with Gasteiger partial charge in [0.1, 0.15) is 5.65 Å². The van der Waals surface area contributed by atoms with Crippen LogP contribution in [-0.2, 0) is 10.0 Å². The summed E-state index contributed by atoms with van der Waals surface area (Å²) in [5.41, 5.74) is 4.11. The fourth-order valence-corrected chi connectivity index (χ4v) is 4.60. The first-order valence-corrected chi connectivity index (χ1v) is 11.0. The highest BCUT2D eigenvalue weighted by molar-refractivity contribution is 7.92. The number of fused-ring (bicyclic) bond motifs is 2. The van der Waals surface area contributed by atoms with Gasteiger partial charge in [-0.2, -0.15) is 0 Å². The van der Waals surface area contributed by atoms with Crippen LogP contribution in [0.25, 0.3) is 27.7 Å². The third kappa shape index (κ3) is 3.42. The molecule has 5 nitrogen and oxygen atoms in total. The Morgan fingerprint density at radius 3 is 2.57 bits per heavy atom. The van der Waals surface area contributed by atoms with Crippen molar-refractivity contribution >= 4 is 32.1 Å². The van der Waals surface area contributed by atoms with Gasteiger partial charge in [-0.1, -0.05) is 42.5 Å². The Morgan fingerprint density at radius 2 is 1.70 bits per heavy atom. The van der Waals surface area contributed by atoms with E-state index in [1.807, 2.05) is 78.3 Å². The molecule has 0 fully saturated rings. The van der Waals surface area contributed by atoms with Crippen molar-refractivity contribution < 1.29 is 8.42 Å². The minimum atomic E-state index is -3.71. The van der Waals surface area contributed by atoms with Crippen LogP contribution in [0.15, 0.2) is 96.2 Å². The zero-order chi connectivity index (χ0) is 20.7. The molecule has 5 rings (SSSR count). The summed E-state index contributed by atoms with van der Waals surface area (Å²) in [5, 5.41) is 1.88. The number of anilines is 1. The smallest absolute Gasteiger partial charge is 0.261 e. The van der Waals surface area contributed by atoms with Crippen LogP contribution in [0.4, 0.5) is 5.69 Å². The lowest BCUT2D eigenvalue weighted by molar-refractivity contribution is 0.601. The van der Waals surface area contributed by atoms with Crippen molar-refractivity contribution in [3.8, 4) is 11.3 Å². The molecule has 148 valence electrons. The lowest BCUT2D eigenvalue weighted by Gasteiger charge is -2.10. The van der Waals surface area contributed by atoms with Gasteiger partial charge in [-0.25, -0.2) is 13.4 Å². The number of aryl methyl sites for hydroxylation is 1. The zero-order valence-electron chi connectivity index (χ0n) is 16.3. The number of aromatic nitrogens is 2. The van der Waals surface area contributed by atoms with Crippen LogP contribution in [0.3, 0.4) is 0 Å². The van der Waals surface area contributed by atoms with Gasteiger partial charge in [0.15, 0.2) is 0 Å². The van der Waals surface area contributed by atoms with Crippen molar-refractivity contribution in [2.45, 2.75) is 11.8 Å². The molecule has 0 amide bonds. The van der Waals surface area contributed by atoms with Crippen molar-refractivity contribution in [1.29, 1.82) is 0 Å². The third-order valence-electron chi connectivity index (χ3n) is 5.06. The molecule has 2 aromatic heterocycles. The molecule has 0 saturated carbocycles. The first-order valence-electron chi connectivity index (χ1n) is 9.55. The van der Waals surface area contributed by atoms with Gasteiger partial charge in [-0.15, -0.1) is 0 Å². The van der Waals surface area contributed by atoms with E-state index in [1.54, 1.807) is 24.3 Å². The van der Waals surface area contributed by atoms with E-state index in [2.05, 4.69) is 9.71 Å². The maximum atomic E-state index is 12.9. The number of rotatable bonds is 4. The summed E-state index contributed by atoms with van der Waals surface area (Å²) in [6.07, 6.45) is 3.90. The number of nitrogens with zero attached hydrogens (tertiary/aromatic N) is 2. The Hall–Kier alpha value is -3.64. The quantitative estimate of drug-likeness (QED) is 0.437. The van der Waals surface area contributed by atoms with Gasteiger partial charge >= 0.3 is 0 Å². The van der Waals surface area contributed by atoms with Gasteiger partial charge in [0, 0.05) is 23.6 Å². The first-order chi connectivity index (χ1) is 14.5. The van der Waals surface area contributed by atoms with E-state index in [9.17, 15) is 8.42 Å². The van der Waals surface area contributed by atoms with E-state index in [-0.39, 0.29) is 4.90 Å². The molecule has 30 heavy (non-hydrogen) atoms. The largest absolute Gasteiger partial charge is 0.306 e. The number of imidazole rings is 1. The Kier molecular flexibility index (Phi) is 4.29. The Balaban J connectivity index is 1.48. The van der Waals surface area contributed by atoms with E-state index in [1.165, 1.54) is 0 Å². The lowest BCUT2D eigenvalue weighted by atomic mass is 10.1. The van der Waals surface area contributed by atoms with Crippen LogP contribution in [0.1, 0.15) is 5.56 Å².